The smallest absolute Gasteiger partial charge is 0.372 e. The first-order chi connectivity index (χ1) is 8.60. The van der Waals surface area contributed by atoms with Crippen molar-refractivity contribution in [3.8, 4) is 11.6 Å². The minimum atomic E-state index is -0.688. The first-order valence-corrected chi connectivity index (χ1v) is 5.06. The van der Waals surface area contributed by atoms with Gasteiger partial charge in [-0.2, -0.15) is 0 Å². The van der Waals surface area contributed by atoms with Gasteiger partial charge < -0.3 is 14.2 Å². The number of aromatic nitrogens is 1. The average Bonchev–Trinajstić information content (AvgIpc) is 2.35. The van der Waals surface area contributed by atoms with Gasteiger partial charge in [-0.25, -0.2) is 9.78 Å². The van der Waals surface area contributed by atoms with Gasteiger partial charge in [0, 0.05) is 12.3 Å². The summed E-state index contributed by atoms with van der Waals surface area (Å²) in [5.74, 6) is -0.905. The van der Waals surface area contributed by atoms with E-state index in [4.69, 9.17) is 9.47 Å². The molecule has 0 unspecified atom stereocenters. The normalized spacial score (nSPS) is 9.67. The molecular formula is C10H12N2O6. The average molecular weight is 256 g/mol. The highest BCUT2D eigenvalue weighted by atomic mass is 16.6. The van der Waals surface area contributed by atoms with Crippen LogP contribution in [0.4, 0.5) is 5.69 Å². The molecule has 1 aromatic rings. The Bertz CT molecular complexity index is 448. The number of rotatable bonds is 6. The van der Waals surface area contributed by atoms with Crippen LogP contribution in [0, 0.1) is 10.1 Å². The van der Waals surface area contributed by atoms with Crippen molar-refractivity contribution in [3.63, 3.8) is 0 Å². The predicted octanol–water partition coefficient (Wildman–Crippen LogP) is 0.940. The third-order valence-electron chi connectivity index (χ3n) is 1.89. The SMILES string of the molecule is CCOC(=O)COc1nccc(OC)c1[N+](=O)[O-]. The number of ether oxygens (including phenoxy) is 3. The predicted molar refractivity (Wildman–Crippen MR) is 59.6 cm³/mol. The van der Waals surface area contributed by atoms with Crippen LogP contribution in [0.5, 0.6) is 11.6 Å². The number of nitro groups is 1. The maximum absolute atomic E-state index is 11.1. The highest BCUT2D eigenvalue weighted by Gasteiger charge is 2.24. The zero-order chi connectivity index (χ0) is 13.5. The third kappa shape index (κ3) is 3.30. The molecule has 0 spiro atoms. The van der Waals surface area contributed by atoms with Crippen molar-refractivity contribution in [3.05, 3.63) is 22.4 Å². The molecule has 0 saturated heterocycles. The van der Waals surface area contributed by atoms with E-state index in [2.05, 4.69) is 9.72 Å². The zero-order valence-electron chi connectivity index (χ0n) is 9.91. The minimum Gasteiger partial charge on any atom is -0.490 e. The fraction of sp³-hybridized carbons (Fsp3) is 0.400. The van der Waals surface area contributed by atoms with Gasteiger partial charge in [-0.1, -0.05) is 0 Å². The summed E-state index contributed by atoms with van der Waals surface area (Å²) in [6.45, 7) is 1.40. The molecule has 8 nitrogen and oxygen atoms in total. The van der Waals surface area contributed by atoms with E-state index in [9.17, 15) is 14.9 Å². The maximum Gasteiger partial charge on any atom is 0.372 e. The first kappa shape index (κ1) is 13.7. The molecule has 1 heterocycles. The number of hydrogen-bond acceptors (Lipinski definition) is 7. The van der Waals surface area contributed by atoms with Crippen LogP contribution in [-0.2, 0) is 9.53 Å². The van der Waals surface area contributed by atoms with Gasteiger partial charge in [0.25, 0.3) is 5.88 Å². The lowest BCUT2D eigenvalue weighted by Crippen LogP contribution is -2.15. The van der Waals surface area contributed by atoms with Crippen LogP contribution in [-0.4, -0.2) is 36.2 Å². The molecule has 1 rings (SSSR count). The molecule has 18 heavy (non-hydrogen) atoms. The monoisotopic (exact) mass is 256 g/mol. The molecule has 0 bridgehead atoms. The highest BCUT2D eigenvalue weighted by Crippen LogP contribution is 2.34. The minimum absolute atomic E-state index is 0.00820. The molecular weight excluding hydrogens is 244 g/mol. The van der Waals surface area contributed by atoms with Crippen molar-refractivity contribution in [2.24, 2.45) is 0 Å². The van der Waals surface area contributed by atoms with Crippen LogP contribution >= 0.6 is 0 Å². The molecule has 0 aliphatic heterocycles. The zero-order valence-corrected chi connectivity index (χ0v) is 9.91. The number of carbonyl (C=O) groups is 1. The van der Waals surface area contributed by atoms with Gasteiger partial charge in [-0.15, -0.1) is 0 Å². The summed E-state index contributed by atoms with van der Waals surface area (Å²) in [4.78, 5) is 24.9. The number of nitrogens with zero attached hydrogens (tertiary/aromatic N) is 2. The molecule has 0 aliphatic rings. The van der Waals surface area contributed by atoms with Crippen LogP contribution in [0.1, 0.15) is 6.92 Å². The van der Waals surface area contributed by atoms with Crippen LogP contribution in [0.15, 0.2) is 12.3 Å². The fourth-order valence-corrected chi connectivity index (χ4v) is 1.19. The molecule has 0 saturated carbocycles. The Hall–Kier alpha value is -2.38. The number of pyridine rings is 1. The molecule has 1 aromatic heterocycles. The maximum atomic E-state index is 11.1. The summed E-state index contributed by atoms with van der Waals surface area (Å²) in [6.07, 6.45) is 1.28. The number of esters is 1. The lowest BCUT2D eigenvalue weighted by Gasteiger charge is -2.07. The quantitative estimate of drug-likeness (QED) is 0.424. The van der Waals surface area contributed by atoms with E-state index < -0.39 is 23.2 Å². The van der Waals surface area contributed by atoms with Gasteiger partial charge in [0.15, 0.2) is 6.61 Å². The molecule has 0 N–H and O–H groups in total. The van der Waals surface area contributed by atoms with E-state index in [-0.39, 0.29) is 18.2 Å². The topological polar surface area (TPSA) is 101 Å². The molecule has 0 aliphatic carbocycles. The summed E-state index contributed by atoms with van der Waals surface area (Å²) >= 11 is 0. The number of methoxy groups -OCH3 is 1. The van der Waals surface area contributed by atoms with E-state index >= 15 is 0 Å². The highest BCUT2D eigenvalue weighted by molar-refractivity contribution is 5.71. The van der Waals surface area contributed by atoms with Crippen LogP contribution in [0.2, 0.25) is 0 Å². The Kier molecular flexibility index (Phi) is 4.85. The Labute approximate surface area is 103 Å². The van der Waals surface area contributed by atoms with Crippen LogP contribution in [0.25, 0.3) is 0 Å². The van der Waals surface area contributed by atoms with Gasteiger partial charge in [0.1, 0.15) is 0 Å². The second kappa shape index (κ2) is 6.38. The lowest BCUT2D eigenvalue weighted by atomic mass is 10.4. The number of hydrogen-bond donors (Lipinski definition) is 0. The van der Waals surface area contributed by atoms with Crippen molar-refractivity contribution in [2.75, 3.05) is 20.3 Å². The molecule has 0 amide bonds. The molecule has 0 radical (unpaired) electrons. The van der Waals surface area contributed by atoms with Gasteiger partial charge in [-0.3, -0.25) is 10.1 Å². The molecule has 98 valence electrons. The Morgan fingerprint density at radius 3 is 2.83 bits per heavy atom. The summed E-state index contributed by atoms with van der Waals surface area (Å²) < 4.78 is 14.4. The summed E-state index contributed by atoms with van der Waals surface area (Å²) in [5.41, 5.74) is -0.427. The van der Waals surface area contributed by atoms with Crippen LogP contribution in [0.3, 0.4) is 0 Å². The Morgan fingerprint density at radius 1 is 1.56 bits per heavy atom. The van der Waals surface area contributed by atoms with E-state index in [1.165, 1.54) is 19.4 Å². The second-order valence-electron chi connectivity index (χ2n) is 3.02. The van der Waals surface area contributed by atoms with E-state index in [0.717, 1.165) is 0 Å². The molecule has 0 aromatic carbocycles. The standard InChI is InChI=1S/C10H12N2O6/c1-3-17-8(13)6-18-10-9(12(14)15)7(16-2)4-5-11-10/h4-5H,3,6H2,1-2H3. The van der Waals surface area contributed by atoms with Gasteiger partial charge in [0.05, 0.1) is 18.6 Å². The van der Waals surface area contributed by atoms with Crippen molar-refractivity contribution in [2.45, 2.75) is 6.92 Å². The Balaban J connectivity index is 2.88. The van der Waals surface area contributed by atoms with Crippen molar-refractivity contribution in [1.82, 2.24) is 4.98 Å². The van der Waals surface area contributed by atoms with Crippen LogP contribution < -0.4 is 9.47 Å². The van der Waals surface area contributed by atoms with Gasteiger partial charge in [-0.05, 0) is 6.92 Å². The van der Waals surface area contributed by atoms with Crippen molar-refractivity contribution < 1.29 is 23.9 Å². The molecule has 8 heteroatoms. The largest absolute Gasteiger partial charge is 0.490 e. The molecule has 0 fully saturated rings. The lowest BCUT2D eigenvalue weighted by molar-refractivity contribution is -0.387. The fourth-order valence-electron chi connectivity index (χ4n) is 1.19. The Morgan fingerprint density at radius 2 is 2.28 bits per heavy atom. The van der Waals surface area contributed by atoms with Gasteiger partial charge >= 0.3 is 11.7 Å². The molecule has 0 atom stereocenters. The van der Waals surface area contributed by atoms with E-state index in [1.54, 1.807) is 6.92 Å². The first-order valence-electron chi connectivity index (χ1n) is 5.06. The number of carbonyl (C=O) groups excluding carboxylic acids is 1. The van der Waals surface area contributed by atoms with E-state index in [1.807, 2.05) is 0 Å². The summed E-state index contributed by atoms with van der Waals surface area (Å²) in [7, 11) is 1.29. The second-order valence-corrected chi connectivity index (χ2v) is 3.02. The van der Waals surface area contributed by atoms with Crippen molar-refractivity contribution >= 4 is 11.7 Å². The summed E-state index contributed by atoms with van der Waals surface area (Å²) in [5, 5.41) is 10.9. The van der Waals surface area contributed by atoms with Gasteiger partial charge in [0.2, 0.25) is 5.75 Å². The van der Waals surface area contributed by atoms with E-state index in [0.29, 0.717) is 0 Å². The summed E-state index contributed by atoms with van der Waals surface area (Å²) in [6, 6.07) is 1.33. The third-order valence-corrected chi connectivity index (χ3v) is 1.89. The van der Waals surface area contributed by atoms with Crippen molar-refractivity contribution in [1.29, 1.82) is 0 Å².